The van der Waals surface area contributed by atoms with E-state index in [1.807, 2.05) is 24.0 Å². The number of piperazine rings is 1. The van der Waals surface area contributed by atoms with Crippen LogP contribution in [0.1, 0.15) is 25.5 Å². The third kappa shape index (κ3) is 4.14. The predicted molar refractivity (Wildman–Crippen MR) is 96.8 cm³/mol. The van der Waals surface area contributed by atoms with Gasteiger partial charge in [-0.15, -0.1) is 0 Å². The lowest BCUT2D eigenvalue weighted by Gasteiger charge is -2.40. The van der Waals surface area contributed by atoms with E-state index in [0.717, 1.165) is 38.5 Å². The van der Waals surface area contributed by atoms with Crippen LogP contribution in [0.2, 0.25) is 0 Å². The smallest absolute Gasteiger partial charge is 0.242 e. The van der Waals surface area contributed by atoms with Gasteiger partial charge < -0.3 is 19.7 Å². The van der Waals surface area contributed by atoms with Gasteiger partial charge in [-0.1, -0.05) is 12.1 Å². The van der Waals surface area contributed by atoms with Crippen molar-refractivity contribution in [1.29, 1.82) is 0 Å². The zero-order chi connectivity index (χ0) is 17.8. The summed E-state index contributed by atoms with van der Waals surface area (Å²) < 4.78 is 10.9. The SMILES string of the molecule is COc1cccc(C(C)N2CCN(C(=O)[C@H]3NCCO[C@@H]3C)CC2)c1. The van der Waals surface area contributed by atoms with Crippen LogP contribution in [0.15, 0.2) is 24.3 Å². The van der Waals surface area contributed by atoms with Gasteiger partial charge in [-0.05, 0) is 31.5 Å². The van der Waals surface area contributed by atoms with Crippen LogP contribution in [0.3, 0.4) is 0 Å². The van der Waals surface area contributed by atoms with Crippen LogP contribution in [-0.2, 0) is 9.53 Å². The summed E-state index contributed by atoms with van der Waals surface area (Å²) in [6, 6.07) is 8.31. The topological polar surface area (TPSA) is 54.0 Å². The number of amides is 1. The fourth-order valence-corrected chi connectivity index (χ4v) is 3.65. The van der Waals surface area contributed by atoms with E-state index in [1.165, 1.54) is 5.56 Å². The number of carbonyl (C=O) groups excluding carboxylic acids is 1. The number of nitrogens with one attached hydrogen (secondary N) is 1. The van der Waals surface area contributed by atoms with E-state index in [1.54, 1.807) is 7.11 Å². The lowest BCUT2D eigenvalue weighted by molar-refractivity contribution is -0.141. The number of methoxy groups -OCH3 is 1. The summed E-state index contributed by atoms with van der Waals surface area (Å²) in [5.41, 5.74) is 1.25. The Labute approximate surface area is 150 Å². The number of benzene rings is 1. The first-order valence-electron chi connectivity index (χ1n) is 9.12. The van der Waals surface area contributed by atoms with Crippen LogP contribution in [0.4, 0.5) is 0 Å². The molecule has 0 radical (unpaired) electrons. The molecular formula is C19H29N3O3. The highest BCUT2D eigenvalue weighted by molar-refractivity contribution is 5.82. The van der Waals surface area contributed by atoms with Gasteiger partial charge in [0, 0.05) is 38.8 Å². The fourth-order valence-electron chi connectivity index (χ4n) is 3.65. The van der Waals surface area contributed by atoms with Crippen molar-refractivity contribution in [2.24, 2.45) is 0 Å². The summed E-state index contributed by atoms with van der Waals surface area (Å²) in [4.78, 5) is 17.1. The zero-order valence-corrected chi connectivity index (χ0v) is 15.4. The predicted octanol–water partition coefficient (Wildman–Crippen LogP) is 1.28. The van der Waals surface area contributed by atoms with Crippen LogP contribution in [0.25, 0.3) is 0 Å². The van der Waals surface area contributed by atoms with Crippen LogP contribution >= 0.6 is 0 Å². The second-order valence-corrected chi connectivity index (χ2v) is 6.82. The number of hydrogen-bond acceptors (Lipinski definition) is 5. The molecule has 6 nitrogen and oxygen atoms in total. The Morgan fingerprint density at radius 2 is 2.08 bits per heavy atom. The molecule has 0 saturated carbocycles. The maximum atomic E-state index is 12.7. The molecule has 1 aromatic carbocycles. The largest absolute Gasteiger partial charge is 0.497 e. The molecule has 1 amide bonds. The molecule has 0 aromatic heterocycles. The molecule has 2 saturated heterocycles. The normalized spacial score (nSPS) is 26.3. The van der Waals surface area contributed by atoms with E-state index < -0.39 is 0 Å². The third-order valence-corrected chi connectivity index (χ3v) is 5.33. The van der Waals surface area contributed by atoms with Crippen LogP contribution in [0, 0.1) is 0 Å². The summed E-state index contributed by atoms with van der Waals surface area (Å²) in [7, 11) is 1.69. The second-order valence-electron chi connectivity index (χ2n) is 6.82. The van der Waals surface area contributed by atoms with E-state index in [9.17, 15) is 4.79 Å². The van der Waals surface area contributed by atoms with E-state index >= 15 is 0 Å². The van der Waals surface area contributed by atoms with Crippen molar-refractivity contribution in [3.8, 4) is 5.75 Å². The molecule has 0 spiro atoms. The molecule has 2 fully saturated rings. The minimum absolute atomic E-state index is 0.0602. The van der Waals surface area contributed by atoms with Crippen molar-refractivity contribution in [1.82, 2.24) is 15.1 Å². The molecule has 138 valence electrons. The molecule has 2 aliphatic heterocycles. The number of hydrogen-bond donors (Lipinski definition) is 1. The number of nitrogens with zero attached hydrogens (tertiary/aromatic N) is 2. The summed E-state index contributed by atoms with van der Waals surface area (Å²) in [5.74, 6) is 1.05. The summed E-state index contributed by atoms with van der Waals surface area (Å²) in [6.45, 7) is 8.89. The molecule has 3 atom stereocenters. The lowest BCUT2D eigenvalue weighted by atomic mass is 10.0. The maximum absolute atomic E-state index is 12.7. The standard InChI is InChI=1S/C19H29N3O3/c1-14(16-5-4-6-17(13-16)24-3)21-8-10-22(11-9-21)19(23)18-15(2)25-12-7-20-18/h4-6,13-15,18,20H,7-12H2,1-3H3/t14?,15-,18+/m1/s1. The maximum Gasteiger partial charge on any atom is 0.242 e. The van der Waals surface area contributed by atoms with Gasteiger partial charge in [0.25, 0.3) is 0 Å². The van der Waals surface area contributed by atoms with Crippen molar-refractivity contribution in [2.45, 2.75) is 32.0 Å². The quantitative estimate of drug-likeness (QED) is 0.889. The second kappa shape index (κ2) is 8.17. The summed E-state index contributed by atoms with van der Waals surface area (Å²) >= 11 is 0. The lowest BCUT2D eigenvalue weighted by Crippen LogP contribution is -2.59. The molecule has 3 rings (SSSR count). The summed E-state index contributed by atoms with van der Waals surface area (Å²) in [6.07, 6.45) is -0.0602. The molecular weight excluding hydrogens is 318 g/mol. The monoisotopic (exact) mass is 347 g/mol. The Balaban J connectivity index is 1.56. The Kier molecular flexibility index (Phi) is 5.93. The van der Waals surface area contributed by atoms with Crippen LogP contribution in [-0.4, -0.2) is 74.3 Å². The highest BCUT2D eigenvalue weighted by atomic mass is 16.5. The molecule has 1 N–H and O–H groups in total. The van der Waals surface area contributed by atoms with E-state index in [2.05, 4.69) is 29.3 Å². The van der Waals surface area contributed by atoms with Crippen LogP contribution < -0.4 is 10.1 Å². The number of rotatable bonds is 4. The number of ether oxygens (including phenoxy) is 2. The third-order valence-electron chi connectivity index (χ3n) is 5.33. The van der Waals surface area contributed by atoms with Gasteiger partial charge in [-0.25, -0.2) is 0 Å². The Bertz CT molecular complexity index is 587. The Morgan fingerprint density at radius 3 is 2.76 bits per heavy atom. The molecule has 1 aromatic rings. The van der Waals surface area contributed by atoms with Crippen LogP contribution in [0.5, 0.6) is 5.75 Å². The van der Waals surface area contributed by atoms with E-state index in [0.29, 0.717) is 12.6 Å². The van der Waals surface area contributed by atoms with Gasteiger partial charge in [-0.3, -0.25) is 9.69 Å². The van der Waals surface area contributed by atoms with Crippen molar-refractivity contribution < 1.29 is 14.3 Å². The first-order chi connectivity index (χ1) is 12.1. The Morgan fingerprint density at radius 1 is 1.32 bits per heavy atom. The molecule has 25 heavy (non-hydrogen) atoms. The van der Waals surface area contributed by atoms with E-state index in [4.69, 9.17) is 9.47 Å². The molecule has 2 heterocycles. The Hall–Kier alpha value is -1.63. The molecule has 0 aliphatic carbocycles. The number of carbonyl (C=O) groups is 1. The zero-order valence-electron chi connectivity index (χ0n) is 15.4. The van der Waals surface area contributed by atoms with Gasteiger partial charge in [-0.2, -0.15) is 0 Å². The van der Waals surface area contributed by atoms with Gasteiger partial charge in [0.2, 0.25) is 5.91 Å². The van der Waals surface area contributed by atoms with Gasteiger partial charge in [0.05, 0.1) is 19.8 Å². The molecule has 1 unspecified atom stereocenters. The molecule has 6 heteroatoms. The minimum Gasteiger partial charge on any atom is -0.497 e. The van der Waals surface area contributed by atoms with Gasteiger partial charge >= 0.3 is 0 Å². The van der Waals surface area contributed by atoms with Gasteiger partial charge in [0.15, 0.2) is 0 Å². The fraction of sp³-hybridized carbons (Fsp3) is 0.632. The minimum atomic E-state index is -0.212. The first kappa shape index (κ1) is 18.2. The first-order valence-corrected chi connectivity index (χ1v) is 9.12. The molecule has 0 bridgehead atoms. The van der Waals surface area contributed by atoms with Gasteiger partial charge in [0.1, 0.15) is 11.8 Å². The average molecular weight is 347 g/mol. The van der Waals surface area contributed by atoms with Crippen molar-refractivity contribution in [3.05, 3.63) is 29.8 Å². The highest BCUT2D eigenvalue weighted by Gasteiger charge is 2.33. The van der Waals surface area contributed by atoms with Crippen molar-refractivity contribution >= 4 is 5.91 Å². The van der Waals surface area contributed by atoms with Crippen molar-refractivity contribution in [2.75, 3.05) is 46.4 Å². The van der Waals surface area contributed by atoms with Crippen molar-refractivity contribution in [3.63, 3.8) is 0 Å². The average Bonchev–Trinajstić information content (AvgIpc) is 2.67. The molecule has 2 aliphatic rings. The highest BCUT2D eigenvalue weighted by Crippen LogP contribution is 2.25. The number of morpholine rings is 1. The summed E-state index contributed by atoms with van der Waals surface area (Å²) in [5, 5.41) is 3.29. The van der Waals surface area contributed by atoms with E-state index in [-0.39, 0.29) is 18.1 Å².